The van der Waals surface area contributed by atoms with E-state index in [1.54, 1.807) is 11.3 Å². The molecule has 110 valence electrons. The molecule has 21 heavy (non-hydrogen) atoms. The summed E-state index contributed by atoms with van der Waals surface area (Å²) in [6.07, 6.45) is 0. The van der Waals surface area contributed by atoms with Crippen LogP contribution in [-0.2, 0) is 0 Å². The van der Waals surface area contributed by atoms with Gasteiger partial charge in [0.1, 0.15) is 5.84 Å². The van der Waals surface area contributed by atoms with Gasteiger partial charge in [0.2, 0.25) is 0 Å². The molecule has 0 bridgehead atoms. The number of para-hydroxylation sites is 2. The third-order valence-electron chi connectivity index (χ3n) is 3.57. The summed E-state index contributed by atoms with van der Waals surface area (Å²) in [7, 11) is 0. The van der Waals surface area contributed by atoms with Crippen molar-refractivity contribution in [2.75, 3.05) is 31.9 Å². The van der Waals surface area contributed by atoms with Crippen LogP contribution in [0, 0.1) is 6.92 Å². The molecule has 4 nitrogen and oxygen atoms in total. The molecule has 1 aromatic carbocycles. The number of thiophene rings is 1. The van der Waals surface area contributed by atoms with Crippen molar-refractivity contribution < 1.29 is 0 Å². The average molecular weight is 300 g/mol. The van der Waals surface area contributed by atoms with Gasteiger partial charge in [-0.1, -0.05) is 12.1 Å². The van der Waals surface area contributed by atoms with Crippen LogP contribution in [0.2, 0.25) is 0 Å². The molecule has 0 amide bonds. The number of benzene rings is 1. The Morgan fingerprint density at radius 2 is 2.05 bits per heavy atom. The first-order valence-electron chi connectivity index (χ1n) is 7.18. The summed E-state index contributed by atoms with van der Waals surface area (Å²) in [5.74, 6) is 1.03. The molecule has 1 aliphatic heterocycles. The first-order valence-corrected chi connectivity index (χ1v) is 8.06. The van der Waals surface area contributed by atoms with Crippen LogP contribution >= 0.6 is 11.3 Å². The predicted octanol–water partition coefficient (Wildman–Crippen LogP) is 2.62. The number of nitrogens with one attached hydrogen (secondary N) is 1. The molecule has 1 fully saturated rings. The Kier molecular flexibility index (Phi) is 4.22. The van der Waals surface area contributed by atoms with Crippen LogP contribution in [-0.4, -0.2) is 36.9 Å². The molecule has 1 aliphatic rings. The number of nitrogens with zero attached hydrogens (tertiary/aromatic N) is 2. The number of amidine groups is 1. The number of nitrogen functional groups attached to an aromatic ring is 1. The fourth-order valence-electron chi connectivity index (χ4n) is 2.46. The zero-order valence-corrected chi connectivity index (χ0v) is 13.0. The number of nitrogens with two attached hydrogens (primary N) is 1. The van der Waals surface area contributed by atoms with E-state index in [9.17, 15) is 0 Å². The van der Waals surface area contributed by atoms with Gasteiger partial charge in [-0.3, -0.25) is 0 Å². The summed E-state index contributed by atoms with van der Waals surface area (Å²) < 4.78 is 0. The lowest BCUT2D eigenvalue weighted by Crippen LogP contribution is -2.46. The quantitative estimate of drug-likeness (QED) is 0.509. The molecule has 3 N–H and O–H groups in total. The first kappa shape index (κ1) is 14.1. The van der Waals surface area contributed by atoms with Crippen LogP contribution in [0.5, 0.6) is 0 Å². The Balaban J connectivity index is 2.01. The van der Waals surface area contributed by atoms with Crippen molar-refractivity contribution >= 4 is 28.5 Å². The van der Waals surface area contributed by atoms with Gasteiger partial charge in [-0.25, -0.2) is 4.99 Å². The van der Waals surface area contributed by atoms with Gasteiger partial charge in [0.05, 0.1) is 11.4 Å². The molecule has 0 spiro atoms. The lowest BCUT2D eigenvalue weighted by molar-refractivity contribution is 0.358. The van der Waals surface area contributed by atoms with Gasteiger partial charge in [-0.05, 0) is 25.1 Å². The van der Waals surface area contributed by atoms with Gasteiger partial charge in [0, 0.05) is 42.0 Å². The lowest BCUT2D eigenvalue weighted by atomic mass is 10.2. The van der Waals surface area contributed by atoms with Crippen molar-refractivity contribution in [1.29, 1.82) is 0 Å². The zero-order chi connectivity index (χ0) is 14.7. The van der Waals surface area contributed by atoms with Crippen molar-refractivity contribution in [3.05, 3.63) is 46.2 Å². The molecule has 1 aromatic heterocycles. The molecule has 1 saturated heterocycles. The fraction of sp³-hybridized carbons (Fsp3) is 0.312. The van der Waals surface area contributed by atoms with Gasteiger partial charge < -0.3 is 16.0 Å². The Labute approximate surface area is 129 Å². The summed E-state index contributed by atoms with van der Waals surface area (Å²) in [4.78, 5) is 8.50. The summed E-state index contributed by atoms with van der Waals surface area (Å²) in [6.45, 7) is 6.06. The predicted molar refractivity (Wildman–Crippen MR) is 90.6 cm³/mol. The van der Waals surface area contributed by atoms with E-state index in [2.05, 4.69) is 28.6 Å². The minimum absolute atomic E-state index is 0.720. The molecule has 0 aliphatic carbocycles. The molecular formula is C16H20N4S. The highest BCUT2D eigenvalue weighted by Crippen LogP contribution is 2.24. The summed E-state index contributed by atoms with van der Waals surface area (Å²) in [5, 5.41) is 5.56. The van der Waals surface area contributed by atoms with Gasteiger partial charge in [-0.2, -0.15) is 0 Å². The van der Waals surface area contributed by atoms with Gasteiger partial charge >= 0.3 is 0 Å². The third kappa shape index (κ3) is 3.25. The monoisotopic (exact) mass is 300 g/mol. The second-order valence-electron chi connectivity index (χ2n) is 5.18. The molecule has 2 heterocycles. The van der Waals surface area contributed by atoms with E-state index in [4.69, 9.17) is 10.7 Å². The second-order valence-corrected chi connectivity index (χ2v) is 6.29. The number of aliphatic imine (C=N–C) groups is 1. The summed E-state index contributed by atoms with van der Waals surface area (Å²) in [6, 6.07) is 9.98. The molecule has 2 aromatic rings. The van der Waals surface area contributed by atoms with Crippen molar-refractivity contribution in [2.24, 2.45) is 4.99 Å². The normalized spacial score (nSPS) is 16.2. The molecule has 0 saturated carbocycles. The zero-order valence-electron chi connectivity index (χ0n) is 12.2. The van der Waals surface area contributed by atoms with E-state index >= 15 is 0 Å². The van der Waals surface area contributed by atoms with Crippen molar-refractivity contribution in [1.82, 2.24) is 10.2 Å². The average Bonchev–Trinajstić information content (AvgIpc) is 2.93. The minimum Gasteiger partial charge on any atom is -0.397 e. The number of rotatable bonds is 2. The number of hydrogen-bond acceptors (Lipinski definition) is 4. The van der Waals surface area contributed by atoms with Crippen LogP contribution in [0.15, 0.2) is 40.7 Å². The van der Waals surface area contributed by atoms with E-state index in [0.29, 0.717) is 0 Å². The van der Waals surface area contributed by atoms with Crippen LogP contribution in [0.25, 0.3) is 0 Å². The fourth-order valence-corrected chi connectivity index (χ4v) is 3.14. The maximum absolute atomic E-state index is 6.05. The van der Waals surface area contributed by atoms with E-state index in [0.717, 1.165) is 43.4 Å². The number of aryl methyl sites for hydroxylation is 1. The Morgan fingerprint density at radius 1 is 1.29 bits per heavy atom. The van der Waals surface area contributed by atoms with E-state index in [1.807, 2.05) is 24.3 Å². The SMILES string of the molecule is Cc1cc(C(=Nc2ccccc2N)N2CCNCC2)cs1. The largest absolute Gasteiger partial charge is 0.397 e. The van der Waals surface area contributed by atoms with E-state index in [-0.39, 0.29) is 0 Å². The van der Waals surface area contributed by atoms with Crippen molar-refractivity contribution in [2.45, 2.75) is 6.92 Å². The van der Waals surface area contributed by atoms with Crippen LogP contribution in [0.4, 0.5) is 11.4 Å². The Morgan fingerprint density at radius 3 is 2.71 bits per heavy atom. The van der Waals surface area contributed by atoms with Crippen LogP contribution < -0.4 is 11.1 Å². The minimum atomic E-state index is 0.720. The summed E-state index contributed by atoms with van der Waals surface area (Å²) >= 11 is 1.76. The standard InChI is InChI=1S/C16H20N4S/c1-12-10-13(11-21-12)16(20-8-6-18-7-9-20)19-15-5-3-2-4-14(15)17/h2-5,10-11,18H,6-9,17H2,1H3. The second kappa shape index (κ2) is 6.28. The maximum Gasteiger partial charge on any atom is 0.137 e. The van der Waals surface area contributed by atoms with E-state index < -0.39 is 0 Å². The van der Waals surface area contributed by atoms with Crippen molar-refractivity contribution in [3.8, 4) is 0 Å². The van der Waals surface area contributed by atoms with Gasteiger partial charge in [0.15, 0.2) is 0 Å². The first-order chi connectivity index (χ1) is 10.2. The van der Waals surface area contributed by atoms with Crippen LogP contribution in [0.3, 0.4) is 0 Å². The summed E-state index contributed by atoms with van der Waals surface area (Å²) in [5.41, 5.74) is 8.79. The van der Waals surface area contributed by atoms with Gasteiger partial charge in [-0.15, -0.1) is 11.3 Å². The molecule has 0 radical (unpaired) electrons. The molecular weight excluding hydrogens is 280 g/mol. The van der Waals surface area contributed by atoms with Crippen molar-refractivity contribution in [3.63, 3.8) is 0 Å². The van der Waals surface area contributed by atoms with E-state index in [1.165, 1.54) is 10.4 Å². The molecule has 5 heteroatoms. The Bertz CT molecular complexity index is 641. The lowest BCUT2D eigenvalue weighted by Gasteiger charge is -2.30. The molecule has 0 unspecified atom stereocenters. The Hall–Kier alpha value is -1.85. The topological polar surface area (TPSA) is 53.6 Å². The highest BCUT2D eigenvalue weighted by Gasteiger charge is 2.17. The third-order valence-corrected chi connectivity index (χ3v) is 4.43. The smallest absolute Gasteiger partial charge is 0.137 e. The highest BCUT2D eigenvalue weighted by molar-refractivity contribution is 7.10. The number of hydrogen-bond donors (Lipinski definition) is 2. The highest BCUT2D eigenvalue weighted by atomic mass is 32.1. The molecule has 0 atom stereocenters. The number of anilines is 1. The molecule has 3 rings (SSSR count). The maximum atomic E-state index is 6.05. The van der Waals surface area contributed by atoms with Crippen LogP contribution in [0.1, 0.15) is 10.4 Å². The van der Waals surface area contributed by atoms with Gasteiger partial charge in [0.25, 0.3) is 0 Å². The number of piperazine rings is 1.